The molecule has 2 heterocycles. The van der Waals surface area contributed by atoms with Gasteiger partial charge in [0.15, 0.2) is 0 Å². The summed E-state index contributed by atoms with van der Waals surface area (Å²) in [7, 11) is 0. The molecule has 4 nitrogen and oxygen atoms in total. The molecule has 0 radical (unpaired) electrons. The van der Waals surface area contributed by atoms with Gasteiger partial charge in [0.05, 0.1) is 6.04 Å². The molecule has 1 aliphatic heterocycles. The van der Waals surface area contributed by atoms with E-state index in [0.717, 1.165) is 34.7 Å². The van der Waals surface area contributed by atoms with Crippen molar-refractivity contribution in [1.82, 2.24) is 4.98 Å². The number of aryl methyl sites for hydroxylation is 1. The van der Waals surface area contributed by atoms with Crippen molar-refractivity contribution in [3.63, 3.8) is 0 Å². The van der Waals surface area contributed by atoms with E-state index in [0.29, 0.717) is 19.1 Å². The van der Waals surface area contributed by atoms with Gasteiger partial charge in [0.25, 0.3) is 0 Å². The zero-order valence-electron chi connectivity index (χ0n) is 14.6. The van der Waals surface area contributed by atoms with Crippen LogP contribution in [0.1, 0.15) is 31.5 Å². The van der Waals surface area contributed by atoms with E-state index in [1.165, 1.54) is 5.56 Å². The lowest BCUT2D eigenvalue weighted by Crippen LogP contribution is -2.18. The van der Waals surface area contributed by atoms with Gasteiger partial charge >= 0.3 is 0 Å². The second-order valence-corrected chi connectivity index (χ2v) is 6.71. The molecule has 126 valence electrons. The summed E-state index contributed by atoms with van der Waals surface area (Å²) in [6.45, 7) is 11.1. The van der Waals surface area contributed by atoms with Crippen LogP contribution in [0, 0.1) is 12.8 Å². The molecule has 0 N–H and O–H groups in total. The smallest absolute Gasteiger partial charge is 0.131 e. The molecular formula is C20H24N2O2. The van der Waals surface area contributed by atoms with Crippen LogP contribution in [-0.4, -0.2) is 24.4 Å². The highest BCUT2D eigenvalue weighted by Crippen LogP contribution is 2.39. The van der Waals surface area contributed by atoms with Crippen molar-refractivity contribution in [2.24, 2.45) is 10.9 Å². The third kappa shape index (κ3) is 3.58. The van der Waals surface area contributed by atoms with Gasteiger partial charge in [-0.05, 0) is 49.7 Å². The first-order valence-electron chi connectivity index (χ1n) is 8.38. The molecule has 2 aromatic rings. The monoisotopic (exact) mass is 324 g/mol. The van der Waals surface area contributed by atoms with Crippen LogP contribution < -0.4 is 9.47 Å². The quantitative estimate of drug-likeness (QED) is 0.738. The Balaban J connectivity index is 1.77. The molecule has 0 saturated heterocycles. The molecule has 1 aromatic heterocycles. The van der Waals surface area contributed by atoms with E-state index in [9.17, 15) is 0 Å². The Labute approximate surface area is 143 Å². The number of hydrogen-bond acceptors (Lipinski definition) is 4. The maximum Gasteiger partial charge on any atom is 0.131 e. The number of rotatable bonds is 6. The molecule has 0 spiro atoms. The second-order valence-electron chi connectivity index (χ2n) is 6.71. The van der Waals surface area contributed by atoms with Gasteiger partial charge in [0.1, 0.15) is 24.7 Å². The Kier molecular flexibility index (Phi) is 4.84. The van der Waals surface area contributed by atoms with Crippen molar-refractivity contribution >= 4 is 6.72 Å². The molecule has 1 aromatic carbocycles. The molecule has 4 heteroatoms. The first-order chi connectivity index (χ1) is 11.6. The summed E-state index contributed by atoms with van der Waals surface area (Å²) in [6, 6.07) is 8.24. The molecule has 0 bridgehead atoms. The largest absolute Gasteiger partial charge is 0.491 e. The van der Waals surface area contributed by atoms with Crippen LogP contribution in [0.5, 0.6) is 11.5 Å². The van der Waals surface area contributed by atoms with E-state index in [4.69, 9.17) is 9.47 Å². The van der Waals surface area contributed by atoms with E-state index in [1.54, 1.807) is 0 Å². The van der Waals surface area contributed by atoms with Crippen LogP contribution in [0.4, 0.5) is 0 Å². The van der Waals surface area contributed by atoms with E-state index in [1.807, 2.05) is 25.3 Å². The number of hydrogen-bond donors (Lipinski definition) is 0. The highest BCUT2D eigenvalue weighted by Gasteiger charge is 2.19. The number of nitrogens with zero attached hydrogens (tertiary/aromatic N) is 2. The average Bonchev–Trinajstić information content (AvgIpc) is 2.57. The third-order valence-electron chi connectivity index (χ3n) is 4.19. The van der Waals surface area contributed by atoms with Crippen molar-refractivity contribution in [3.8, 4) is 22.6 Å². The van der Waals surface area contributed by atoms with Gasteiger partial charge in [-0.15, -0.1) is 0 Å². The number of aromatic nitrogens is 1. The summed E-state index contributed by atoms with van der Waals surface area (Å²) in [5.41, 5.74) is 4.42. The Hall–Kier alpha value is -2.36. The lowest BCUT2D eigenvalue weighted by molar-refractivity contribution is 0.267. The number of benzene rings is 1. The van der Waals surface area contributed by atoms with Crippen molar-refractivity contribution in [1.29, 1.82) is 0 Å². The molecule has 24 heavy (non-hydrogen) atoms. The Morgan fingerprint density at radius 3 is 2.88 bits per heavy atom. The number of pyridine rings is 1. The fourth-order valence-corrected chi connectivity index (χ4v) is 2.98. The van der Waals surface area contributed by atoms with Gasteiger partial charge in [-0.25, -0.2) is 0 Å². The summed E-state index contributed by atoms with van der Waals surface area (Å²) < 4.78 is 11.8. The van der Waals surface area contributed by atoms with Crippen LogP contribution in [0.15, 0.2) is 35.5 Å². The predicted molar refractivity (Wildman–Crippen MR) is 97.0 cm³/mol. The molecule has 0 aliphatic carbocycles. The summed E-state index contributed by atoms with van der Waals surface area (Å²) in [5, 5.41) is 0. The van der Waals surface area contributed by atoms with Crippen molar-refractivity contribution < 1.29 is 9.47 Å². The molecule has 1 unspecified atom stereocenters. The fraction of sp³-hybridized carbons (Fsp3) is 0.400. The summed E-state index contributed by atoms with van der Waals surface area (Å²) in [4.78, 5) is 8.50. The van der Waals surface area contributed by atoms with Gasteiger partial charge in [0.2, 0.25) is 0 Å². The highest BCUT2D eigenvalue weighted by atomic mass is 16.5. The minimum absolute atomic E-state index is 0.122. The first-order valence-corrected chi connectivity index (χ1v) is 8.38. The minimum atomic E-state index is 0.122. The Bertz CT molecular complexity index is 740. The van der Waals surface area contributed by atoms with Crippen LogP contribution in [0.3, 0.4) is 0 Å². The molecule has 0 saturated carbocycles. The van der Waals surface area contributed by atoms with Crippen LogP contribution in [0.25, 0.3) is 11.1 Å². The maximum atomic E-state index is 5.91. The van der Waals surface area contributed by atoms with Crippen molar-refractivity contribution in [2.75, 3.05) is 6.61 Å². The van der Waals surface area contributed by atoms with Gasteiger partial charge < -0.3 is 9.47 Å². The summed E-state index contributed by atoms with van der Waals surface area (Å²) >= 11 is 0. The summed E-state index contributed by atoms with van der Waals surface area (Å²) in [6.07, 6.45) is 2.87. The maximum absolute atomic E-state index is 5.91. The zero-order chi connectivity index (χ0) is 17.1. The second kappa shape index (κ2) is 7.04. The molecular weight excluding hydrogens is 300 g/mol. The highest BCUT2D eigenvalue weighted by molar-refractivity contribution is 5.75. The minimum Gasteiger partial charge on any atom is -0.491 e. The third-order valence-corrected chi connectivity index (χ3v) is 4.19. The van der Waals surface area contributed by atoms with E-state index >= 15 is 0 Å². The zero-order valence-corrected chi connectivity index (χ0v) is 14.6. The van der Waals surface area contributed by atoms with Gasteiger partial charge in [-0.2, -0.15) is 0 Å². The number of fused-ring (bicyclic) bond motifs is 3. The number of aliphatic imine (C=N–C) groups is 1. The fourth-order valence-electron chi connectivity index (χ4n) is 2.98. The molecule has 0 amide bonds. The van der Waals surface area contributed by atoms with Crippen LogP contribution in [-0.2, 0) is 6.61 Å². The van der Waals surface area contributed by atoms with E-state index in [2.05, 4.69) is 42.7 Å². The lowest BCUT2D eigenvalue weighted by Gasteiger charge is -2.22. The molecule has 1 aliphatic rings. The first kappa shape index (κ1) is 16.5. The SMILES string of the molecule is C=NC(COc1ccc2c(c1)OCc1cnc(C)cc1-2)CC(C)C. The number of ether oxygens (including phenoxy) is 2. The standard InChI is InChI=1S/C20H24N2O2/c1-13(2)7-16(21-4)12-23-17-5-6-18-19-8-14(3)22-10-15(19)11-24-20(18)9-17/h5-6,8-10,13,16H,4,7,11-12H2,1-3H3. The van der Waals surface area contributed by atoms with Crippen molar-refractivity contribution in [2.45, 2.75) is 39.8 Å². The van der Waals surface area contributed by atoms with E-state index in [-0.39, 0.29) is 6.04 Å². The van der Waals surface area contributed by atoms with Crippen LogP contribution in [0.2, 0.25) is 0 Å². The Morgan fingerprint density at radius 2 is 2.12 bits per heavy atom. The molecule has 3 rings (SSSR count). The molecule has 0 fully saturated rings. The Morgan fingerprint density at radius 1 is 1.29 bits per heavy atom. The van der Waals surface area contributed by atoms with Gasteiger partial charge in [-0.3, -0.25) is 9.98 Å². The van der Waals surface area contributed by atoms with E-state index < -0.39 is 0 Å². The summed E-state index contributed by atoms with van der Waals surface area (Å²) in [5.74, 6) is 2.24. The predicted octanol–water partition coefficient (Wildman–Crippen LogP) is 4.44. The van der Waals surface area contributed by atoms with Gasteiger partial charge in [-0.1, -0.05) is 13.8 Å². The molecule has 1 atom stereocenters. The topological polar surface area (TPSA) is 43.7 Å². The van der Waals surface area contributed by atoms with Crippen molar-refractivity contribution in [3.05, 3.63) is 41.7 Å². The normalized spacial score (nSPS) is 13.7. The average molecular weight is 324 g/mol. The lowest BCUT2D eigenvalue weighted by atomic mass is 9.98. The van der Waals surface area contributed by atoms with Gasteiger partial charge in [0, 0.05) is 29.1 Å². The van der Waals surface area contributed by atoms with Crippen LogP contribution >= 0.6 is 0 Å².